The molecule has 9 heteroatoms. The van der Waals surface area contributed by atoms with E-state index in [4.69, 9.17) is 16.7 Å². The fourth-order valence-electron chi connectivity index (χ4n) is 1.38. The van der Waals surface area contributed by atoms with Gasteiger partial charge in [-0.05, 0) is 11.8 Å². The first kappa shape index (κ1) is 13.8. The van der Waals surface area contributed by atoms with Crippen LogP contribution in [0.1, 0.15) is 5.69 Å². The Morgan fingerprint density at radius 2 is 2.26 bits per heavy atom. The molecule has 0 spiro atoms. The summed E-state index contributed by atoms with van der Waals surface area (Å²) in [5.74, 6) is 0. The first-order valence-electron chi connectivity index (χ1n) is 5.12. The highest BCUT2D eigenvalue weighted by Gasteiger charge is 2.19. The van der Waals surface area contributed by atoms with Gasteiger partial charge < -0.3 is 9.67 Å². The average Bonchev–Trinajstić information content (AvgIpc) is 2.72. The lowest BCUT2D eigenvalue weighted by Gasteiger charge is -2.04. The molecule has 0 aliphatic heterocycles. The number of aliphatic hydroxyl groups is 1. The van der Waals surface area contributed by atoms with Crippen molar-refractivity contribution in [1.82, 2.24) is 14.5 Å². The number of hydrogen-bond acceptors (Lipinski definition) is 6. The van der Waals surface area contributed by atoms with Crippen LogP contribution >= 0.6 is 23.4 Å². The molecule has 1 N–H and O–H groups in total. The number of hydrogen-bond donors (Lipinski definition) is 1. The molecule has 2 aromatic heterocycles. The van der Waals surface area contributed by atoms with Gasteiger partial charge in [0, 0.05) is 19.3 Å². The zero-order valence-corrected chi connectivity index (χ0v) is 11.4. The third-order valence-corrected chi connectivity index (χ3v) is 3.66. The maximum atomic E-state index is 10.9. The second-order valence-corrected chi connectivity index (χ2v) is 4.98. The molecule has 0 radical (unpaired) electrons. The van der Waals surface area contributed by atoms with Crippen molar-refractivity contribution in [3.8, 4) is 0 Å². The van der Waals surface area contributed by atoms with Crippen LogP contribution in [0.5, 0.6) is 0 Å². The van der Waals surface area contributed by atoms with Gasteiger partial charge in [-0.1, -0.05) is 11.6 Å². The third-order valence-electron chi connectivity index (χ3n) is 2.39. The zero-order chi connectivity index (χ0) is 14.0. The van der Waals surface area contributed by atoms with E-state index in [0.717, 1.165) is 11.8 Å². The van der Waals surface area contributed by atoms with E-state index >= 15 is 0 Å². The van der Waals surface area contributed by atoms with Crippen LogP contribution in [-0.4, -0.2) is 24.6 Å². The number of aliphatic hydroxyl groups excluding tert-OH is 1. The summed E-state index contributed by atoms with van der Waals surface area (Å²) in [6.45, 7) is -0.153. The molecule has 7 nitrogen and oxygen atoms in total. The van der Waals surface area contributed by atoms with Crippen LogP contribution in [0.15, 0.2) is 28.6 Å². The van der Waals surface area contributed by atoms with Gasteiger partial charge in [0.2, 0.25) is 0 Å². The van der Waals surface area contributed by atoms with Gasteiger partial charge in [0.05, 0.1) is 28.4 Å². The lowest BCUT2D eigenvalue weighted by molar-refractivity contribution is -0.388. The molecule has 0 amide bonds. The lowest BCUT2D eigenvalue weighted by Crippen LogP contribution is -1.99. The number of aromatic nitrogens is 3. The van der Waals surface area contributed by atoms with E-state index < -0.39 is 4.92 Å². The van der Waals surface area contributed by atoms with E-state index in [1.807, 2.05) is 0 Å². The summed E-state index contributed by atoms with van der Waals surface area (Å²) < 4.78 is 1.64. The van der Waals surface area contributed by atoms with E-state index in [-0.39, 0.29) is 22.3 Å². The van der Waals surface area contributed by atoms with Crippen molar-refractivity contribution in [3.05, 3.63) is 39.3 Å². The standard InChI is InChI=1S/C10H9ClN4O3S/c1-14-7(5-16)4-13-10(14)19-9-8(15(17)18)2-6(11)3-12-9/h2-4,16H,5H2,1H3. The molecule has 19 heavy (non-hydrogen) atoms. The lowest BCUT2D eigenvalue weighted by atomic mass is 10.4. The maximum absolute atomic E-state index is 10.9. The van der Waals surface area contributed by atoms with E-state index in [1.165, 1.54) is 18.5 Å². The predicted molar refractivity (Wildman–Crippen MR) is 69.2 cm³/mol. The summed E-state index contributed by atoms with van der Waals surface area (Å²) in [5.41, 5.74) is 0.435. The summed E-state index contributed by atoms with van der Waals surface area (Å²) in [5, 5.41) is 20.9. The van der Waals surface area contributed by atoms with E-state index in [0.29, 0.717) is 10.9 Å². The Morgan fingerprint density at radius 1 is 1.53 bits per heavy atom. The van der Waals surface area contributed by atoms with Crippen molar-refractivity contribution in [2.75, 3.05) is 0 Å². The largest absolute Gasteiger partial charge is 0.390 e. The number of imidazole rings is 1. The van der Waals surface area contributed by atoms with Crippen molar-refractivity contribution in [3.63, 3.8) is 0 Å². The van der Waals surface area contributed by atoms with Gasteiger partial charge in [-0.25, -0.2) is 9.97 Å². The van der Waals surface area contributed by atoms with Crippen LogP contribution in [0.2, 0.25) is 5.02 Å². The van der Waals surface area contributed by atoms with Crippen LogP contribution in [-0.2, 0) is 13.7 Å². The fraction of sp³-hybridized carbons (Fsp3) is 0.200. The molecule has 2 rings (SSSR count). The first-order chi connectivity index (χ1) is 9.02. The Hall–Kier alpha value is -1.64. The highest BCUT2D eigenvalue weighted by Crippen LogP contribution is 2.33. The molecule has 2 heterocycles. The Balaban J connectivity index is 2.37. The van der Waals surface area contributed by atoms with Gasteiger partial charge in [0.1, 0.15) is 0 Å². The van der Waals surface area contributed by atoms with E-state index in [1.54, 1.807) is 11.6 Å². The number of rotatable bonds is 4. The minimum absolute atomic E-state index is 0.153. The summed E-state index contributed by atoms with van der Waals surface area (Å²) in [6.07, 6.45) is 2.84. The van der Waals surface area contributed by atoms with Crippen LogP contribution in [0.25, 0.3) is 0 Å². The Morgan fingerprint density at radius 3 is 2.84 bits per heavy atom. The van der Waals surface area contributed by atoms with Crippen LogP contribution in [0.4, 0.5) is 5.69 Å². The molecule has 0 fully saturated rings. The SMILES string of the molecule is Cn1c(CO)cnc1Sc1ncc(Cl)cc1[N+](=O)[O-]. The minimum Gasteiger partial charge on any atom is -0.390 e. The topological polar surface area (TPSA) is 94.1 Å². The molecule has 0 unspecified atom stereocenters. The van der Waals surface area contributed by atoms with Gasteiger partial charge in [-0.3, -0.25) is 10.1 Å². The summed E-state index contributed by atoms with van der Waals surface area (Å²) >= 11 is 6.74. The molecule has 0 saturated carbocycles. The van der Waals surface area contributed by atoms with E-state index in [2.05, 4.69) is 9.97 Å². The Kier molecular flexibility index (Phi) is 4.03. The predicted octanol–water partition coefficient (Wildman–Crippen LogP) is 2.02. The molecule has 0 aromatic carbocycles. The monoisotopic (exact) mass is 300 g/mol. The molecular weight excluding hydrogens is 292 g/mol. The van der Waals surface area contributed by atoms with E-state index in [9.17, 15) is 10.1 Å². The molecule has 0 aliphatic rings. The molecule has 0 bridgehead atoms. The third kappa shape index (κ3) is 2.86. The number of nitro groups is 1. The molecule has 0 aliphatic carbocycles. The molecule has 0 atom stereocenters. The molecular formula is C10H9ClN4O3S. The summed E-state index contributed by atoms with van der Waals surface area (Å²) in [4.78, 5) is 18.4. The number of halogens is 1. The van der Waals surface area contributed by atoms with Crippen LogP contribution < -0.4 is 0 Å². The van der Waals surface area contributed by atoms with Gasteiger partial charge >= 0.3 is 5.69 Å². The van der Waals surface area contributed by atoms with Crippen molar-refractivity contribution >= 4 is 29.1 Å². The maximum Gasteiger partial charge on any atom is 0.303 e. The Labute approximate surface area is 117 Å². The highest BCUT2D eigenvalue weighted by atomic mass is 35.5. The summed E-state index contributed by atoms with van der Waals surface area (Å²) in [6, 6.07) is 1.24. The quantitative estimate of drug-likeness (QED) is 0.685. The van der Waals surface area contributed by atoms with Crippen LogP contribution in [0.3, 0.4) is 0 Å². The summed E-state index contributed by atoms with van der Waals surface area (Å²) in [7, 11) is 1.71. The molecule has 100 valence electrons. The van der Waals surface area contributed by atoms with Gasteiger partial charge in [-0.2, -0.15) is 0 Å². The highest BCUT2D eigenvalue weighted by molar-refractivity contribution is 7.99. The van der Waals surface area contributed by atoms with Crippen molar-refractivity contribution in [1.29, 1.82) is 0 Å². The van der Waals surface area contributed by atoms with Gasteiger partial charge in [0.25, 0.3) is 0 Å². The first-order valence-corrected chi connectivity index (χ1v) is 6.31. The van der Waals surface area contributed by atoms with Crippen LogP contribution in [0, 0.1) is 10.1 Å². The fourth-order valence-corrected chi connectivity index (χ4v) is 2.41. The Bertz CT molecular complexity index is 631. The number of pyridine rings is 1. The minimum atomic E-state index is -0.545. The van der Waals surface area contributed by atoms with Gasteiger partial charge in [-0.15, -0.1) is 0 Å². The van der Waals surface area contributed by atoms with Crippen molar-refractivity contribution in [2.24, 2.45) is 7.05 Å². The van der Waals surface area contributed by atoms with Crippen molar-refractivity contribution < 1.29 is 10.0 Å². The van der Waals surface area contributed by atoms with Crippen molar-refractivity contribution in [2.45, 2.75) is 16.8 Å². The average molecular weight is 301 g/mol. The normalized spacial score (nSPS) is 10.7. The second kappa shape index (κ2) is 5.55. The smallest absolute Gasteiger partial charge is 0.303 e. The molecule has 2 aromatic rings. The second-order valence-electron chi connectivity index (χ2n) is 3.59. The van der Waals surface area contributed by atoms with Gasteiger partial charge in [0.15, 0.2) is 10.2 Å². The molecule has 0 saturated heterocycles. The number of nitrogens with zero attached hydrogens (tertiary/aromatic N) is 4. The zero-order valence-electron chi connectivity index (χ0n) is 9.78.